The summed E-state index contributed by atoms with van der Waals surface area (Å²) in [5, 5.41) is 0. The standard InChI is InChI=1S/C18H13F3O2/c19-18(20,21)14-6-7-16(12(8-14)11-22)17(9-15(23)10-17)13-4-2-1-3-5-13/h1-8,11H,9-10H2. The van der Waals surface area contributed by atoms with Crippen molar-refractivity contribution >= 4 is 12.1 Å². The molecule has 5 heteroatoms. The van der Waals surface area contributed by atoms with Gasteiger partial charge in [0.1, 0.15) is 12.1 Å². The zero-order chi connectivity index (χ0) is 16.7. The molecule has 3 rings (SSSR count). The van der Waals surface area contributed by atoms with E-state index in [0.29, 0.717) is 11.8 Å². The minimum atomic E-state index is -4.51. The lowest BCUT2D eigenvalue weighted by Crippen LogP contribution is -2.43. The predicted octanol–water partition coefficient (Wildman–Crippen LogP) is 4.17. The Balaban J connectivity index is 2.15. The van der Waals surface area contributed by atoms with Gasteiger partial charge >= 0.3 is 6.18 Å². The Kier molecular flexibility index (Phi) is 3.59. The van der Waals surface area contributed by atoms with Crippen LogP contribution in [0, 0.1) is 0 Å². The van der Waals surface area contributed by atoms with Crippen molar-refractivity contribution in [3.63, 3.8) is 0 Å². The number of carbonyl (C=O) groups is 2. The summed E-state index contributed by atoms with van der Waals surface area (Å²) in [6.45, 7) is 0. The molecular formula is C18H13F3O2. The summed E-state index contributed by atoms with van der Waals surface area (Å²) in [6.07, 6.45) is -3.68. The molecule has 0 aromatic heterocycles. The maximum absolute atomic E-state index is 12.8. The fourth-order valence-corrected chi connectivity index (χ4v) is 3.20. The van der Waals surface area contributed by atoms with Crippen LogP contribution in [-0.2, 0) is 16.4 Å². The van der Waals surface area contributed by atoms with Gasteiger partial charge in [-0.3, -0.25) is 9.59 Å². The molecule has 0 amide bonds. The normalized spacial score (nSPS) is 16.7. The number of hydrogen-bond acceptors (Lipinski definition) is 2. The van der Waals surface area contributed by atoms with Crippen molar-refractivity contribution in [3.05, 3.63) is 70.8 Å². The summed E-state index contributed by atoms with van der Waals surface area (Å²) in [5.41, 5.74) is -0.277. The van der Waals surface area contributed by atoms with E-state index in [1.807, 2.05) is 30.3 Å². The molecule has 0 bridgehead atoms. The topological polar surface area (TPSA) is 34.1 Å². The third-order valence-corrected chi connectivity index (χ3v) is 4.35. The van der Waals surface area contributed by atoms with E-state index in [-0.39, 0.29) is 24.2 Å². The van der Waals surface area contributed by atoms with E-state index in [0.717, 1.165) is 17.7 Å². The zero-order valence-corrected chi connectivity index (χ0v) is 12.1. The molecule has 0 N–H and O–H groups in total. The lowest BCUT2D eigenvalue weighted by atomic mass is 9.59. The van der Waals surface area contributed by atoms with Gasteiger partial charge < -0.3 is 0 Å². The van der Waals surface area contributed by atoms with Crippen molar-refractivity contribution in [1.82, 2.24) is 0 Å². The molecule has 0 atom stereocenters. The van der Waals surface area contributed by atoms with Gasteiger partial charge in [-0.1, -0.05) is 36.4 Å². The fraction of sp³-hybridized carbons (Fsp3) is 0.222. The second kappa shape index (κ2) is 5.33. The first-order valence-corrected chi connectivity index (χ1v) is 7.11. The number of aldehydes is 1. The SMILES string of the molecule is O=Cc1cc(C(F)(F)F)ccc1C1(c2ccccc2)CC(=O)C1. The van der Waals surface area contributed by atoms with Gasteiger partial charge in [0.25, 0.3) is 0 Å². The molecule has 0 heterocycles. The Morgan fingerprint density at radius 1 is 1.00 bits per heavy atom. The van der Waals surface area contributed by atoms with Crippen molar-refractivity contribution in [2.75, 3.05) is 0 Å². The molecule has 1 aliphatic carbocycles. The van der Waals surface area contributed by atoms with E-state index in [1.165, 1.54) is 6.07 Å². The number of ketones is 1. The summed E-state index contributed by atoms with van der Waals surface area (Å²) in [4.78, 5) is 23.0. The second-order valence-electron chi connectivity index (χ2n) is 5.76. The molecule has 0 spiro atoms. The molecule has 23 heavy (non-hydrogen) atoms. The zero-order valence-electron chi connectivity index (χ0n) is 12.1. The van der Waals surface area contributed by atoms with Crippen LogP contribution in [-0.4, -0.2) is 12.1 Å². The van der Waals surface area contributed by atoms with E-state index in [9.17, 15) is 22.8 Å². The first-order chi connectivity index (χ1) is 10.9. The second-order valence-corrected chi connectivity index (χ2v) is 5.76. The minimum absolute atomic E-state index is 0.0174. The number of carbonyl (C=O) groups excluding carboxylic acids is 2. The van der Waals surface area contributed by atoms with Crippen molar-refractivity contribution in [2.24, 2.45) is 0 Å². The molecule has 0 saturated heterocycles. The fourth-order valence-electron chi connectivity index (χ4n) is 3.20. The van der Waals surface area contributed by atoms with E-state index < -0.39 is 17.2 Å². The van der Waals surface area contributed by atoms with Crippen molar-refractivity contribution < 1.29 is 22.8 Å². The highest BCUT2D eigenvalue weighted by Gasteiger charge is 2.47. The summed E-state index contributed by atoms with van der Waals surface area (Å²) in [6, 6.07) is 12.3. The summed E-state index contributed by atoms with van der Waals surface area (Å²) in [7, 11) is 0. The van der Waals surface area contributed by atoms with Crippen LogP contribution >= 0.6 is 0 Å². The van der Waals surface area contributed by atoms with Gasteiger partial charge in [-0.15, -0.1) is 0 Å². The maximum Gasteiger partial charge on any atom is 0.416 e. The van der Waals surface area contributed by atoms with Crippen LogP contribution in [0.3, 0.4) is 0 Å². The van der Waals surface area contributed by atoms with Crippen LogP contribution in [0.15, 0.2) is 48.5 Å². The Hall–Kier alpha value is -2.43. The molecule has 0 unspecified atom stereocenters. The first kappa shape index (κ1) is 15.5. The van der Waals surface area contributed by atoms with Crippen LogP contribution in [0.2, 0.25) is 0 Å². The molecule has 0 radical (unpaired) electrons. The average molecular weight is 318 g/mol. The van der Waals surface area contributed by atoms with Gasteiger partial charge in [0.15, 0.2) is 0 Å². The van der Waals surface area contributed by atoms with Gasteiger partial charge in [0.2, 0.25) is 0 Å². The molecule has 118 valence electrons. The summed E-state index contributed by atoms with van der Waals surface area (Å²) >= 11 is 0. The predicted molar refractivity (Wildman–Crippen MR) is 78.3 cm³/mol. The monoisotopic (exact) mass is 318 g/mol. The number of hydrogen-bond donors (Lipinski definition) is 0. The number of benzene rings is 2. The molecule has 1 fully saturated rings. The Morgan fingerprint density at radius 2 is 1.65 bits per heavy atom. The first-order valence-electron chi connectivity index (χ1n) is 7.11. The number of alkyl halides is 3. The third kappa shape index (κ3) is 2.56. The van der Waals surface area contributed by atoms with E-state index >= 15 is 0 Å². The molecule has 1 saturated carbocycles. The Morgan fingerprint density at radius 3 is 2.17 bits per heavy atom. The van der Waals surface area contributed by atoms with E-state index in [4.69, 9.17) is 0 Å². The molecule has 0 aliphatic heterocycles. The molecule has 2 aromatic rings. The Labute approximate surface area is 130 Å². The van der Waals surface area contributed by atoms with Crippen molar-refractivity contribution in [2.45, 2.75) is 24.4 Å². The number of rotatable bonds is 3. The lowest BCUT2D eigenvalue weighted by molar-refractivity contribution is -0.137. The molecule has 2 nitrogen and oxygen atoms in total. The third-order valence-electron chi connectivity index (χ3n) is 4.35. The van der Waals surface area contributed by atoms with Crippen LogP contribution < -0.4 is 0 Å². The lowest BCUT2D eigenvalue weighted by Gasteiger charge is -2.42. The van der Waals surface area contributed by atoms with Crippen LogP contribution in [0.25, 0.3) is 0 Å². The van der Waals surface area contributed by atoms with Crippen LogP contribution in [0.5, 0.6) is 0 Å². The van der Waals surface area contributed by atoms with Crippen LogP contribution in [0.1, 0.15) is 39.9 Å². The van der Waals surface area contributed by atoms with Crippen molar-refractivity contribution in [3.8, 4) is 0 Å². The maximum atomic E-state index is 12.8. The summed E-state index contributed by atoms with van der Waals surface area (Å²) in [5.74, 6) is 0.0330. The van der Waals surface area contributed by atoms with Gasteiger partial charge in [0, 0.05) is 23.8 Å². The largest absolute Gasteiger partial charge is 0.416 e. The number of halogens is 3. The summed E-state index contributed by atoms with van der Waals surface area (Å²) < 4.78 is 38.5. The van der Waals surface area contributed by atoms with Gasteiger partial charge in [-0.2, -0.15) is 13.2 Å². The van der Waals surface area contributed by atoms with Crippen molar-refractivity contribution in [1.29, 1.82) is 0 Å². The van der Waals surface area contributed by atoms with Crippen LogP contribution in [0.4, 0.5) is 13.2 Å². The van der Waals surface area contributed by atoms with Gasteiger partial charge in [-0.05, 0) is 23.3 Å². The number of Topliss-reactive ketones (excluding diaryl/α,β-unsaturated/α-hetero) is 1. The minimum Gasteiger partial charge on any atom is -0.300 e. The molecule has 2 aromatic carbocycles. The Bertz CT molecular complexity index is 756. The smallest absolute Gasteiger partial charge is 0.300 e. The van der Waals surface area contributed by atoms with E-state index in [2.05, 4.69) is 0 Å². The highest BCUT2D eigenvalue weighted by atomic mass is 19.4. The van der Waals surface area contributed by atoms with E-state index in [1.54, 1.807) is 0 Å². The van der Waals surface area contributed by atoms with Gasteiger partial charge in [0.05, 0.1) is 5.56 Å². The molecular weight excluding hydrogens is 305 g/mol. The van der Waals surface area contributed by atoms with Gasteiger partial charge in [-0.25, -0.2) is 0 Å². The molecule has 1 aliphatic rings. The highest BCUT2D eigenvalue weighted by molar-refractivity contribution is 5.92. The average Bonchev–Trinajstić information content (AvgIpc) is 2.51. The quantitative estimate of drug-likeness (QED) is 0.796. The highest BCUT2D eigenvalue weighted by Crippen LogP contribution is 2.48.